The molecule has 7 heteroatoms. The minimum Gasteiger partial charge on any atom is -0.422 e. The first-order valence-corrected chi connectivity index (χ1v) is 11.6. The molecule has 1 aromatic heterocycles. The first kappa shape index (κ1) is 22.4. The Labute approximate surface area is 202 Å². The van der Waals surface area contributed by atoms with E-state index in [2.05, 4.69) is 29.2 Å². The van der Waals surface area contributed by atoms with Crippen molar-refractivity contribution in [3.63, 3.8) is 0 Å². The van der Waals surface area contributed by atoms with E-state index in [1.807, 2.05) is 72.8 Å². The van der Waals surface area contributed by atoms with Gasteiger partial charge >= 0.3 is 5.63 Å². The Morgan fingerprint density at radius 1 is 0.914 bits per heavy atom. The first-order chi connectivity index (χ1) is 17.1. The number of hydrogen-bond acceptors (Lipinski definition) is 6. The standard InChI is InChI=1S/C28H25N3O4/c1-3-31(4-2)21-14-13-20-15-23(28(33)35-25(20)16-21)19-11-9-18(10-12-19)17-34-30-26-22-7-5-6-8-24(22)29-27(26)32/h5-16H,3-4,17H2,1-2H3,(H,29,30,32). The van der Waals surface area contributed by atoms with Crippen molar-refractivity contribution in [1.82, 2.24) is 0 Å². The fourth-order valence-corrected chi connectivity index (χ4v) is 4.23. The van der Waals surface area contributed by atoms with Crippen LogP contribution in [0.3, 0.4) is 0 Å². The molecule has 1 aliphatic heterocycles. The minimum absolute atomic E-state index is 0.194. The largest absolute Gasteiger partial charge is 0.422 e. The molecule has 0 spiro atoms. The molecule has 5 rings (SSSR count). The lowest BCUT2D eigenvalue weighted by atomic mass is 10.0. The Kier molecular flexibility index (Phi) is 6.06. The number of anilines is 2. The molecule has 0 fully saturated rings. The maximum Gasteiger partial charge on any atom is 0.344 e. The summed E-state index contributed by atoms with van der Waals surface area (Å²) in [6.45, 7) is 6.15. The number of nitrogens with one attached hydrogen (secondary N) is 1. The summed E-state index contributed by atoms with van der Waals surface area (Å²) in [5.74, 6) is -0.284. The summed E-state index contributed by atoms with van der Waals surface area (Å²) in [6, 6.07) is 22.6. The van der Waals surface area contributed by atoms with Crippen LogP contribution in [-0.2, 0) is 16.2 Å². The van der Waals surface area contributed by atoms with E-state index < -0.39 is 0 Å². The number of oxime groups is 1. The second kappa shape index (κ2) is 9.46. The van der Waals surface area contributed by atoms with Crippen LogP contribution in [0.1, 0.15) is 25.0 Å². The molecule has 35 heavy (non-hydrogen) atoms. The monoisotopic (exact) mass is 467 g/mol. The molecule has 0 atom stereocenters. The van der Waals surface area contributed by atoms with Gasteiger partial charge in [-0.1, -0.05) is 47.6 Å². The molecular weight excluding hydrogens is 442 g/mol. The predicted octanol–water partition coefficient (Wildman–Crippen LogP) is 5.18. The summed E-state index contributed by atoms with van der Waals surface area (Å²) in [4.78, 5) is 32.5. The lowest BCUT2D eigenvalue weighted by Gasteiger charge is -2.21. The summed E-state index contributed by atoms with van der Waals surface area (Å²) in [5.41, 5.74) is 5.05. The highest BCUT2D eigenvalue weighted by Gasteiger charge is 2.26. The van der Waals surface area contributed by atoms with E-state index in [0.717, 1.165) is 46.5 Å². The number of carbonyl (C=O) groups excluding carboxylic acids is 1. The van der Waals surface area contributed by atoms with Crippen LogP contribution in [0.5, 0.6) is 0 Å². The molecule has 0 radical (unpaired) electrons. The van der Waals surface area contributed by atoms with Gasteiger partial charge in [0, 0.05) is 35.8 Å². The topological polar surface area (TPSA) is 84.1 Å². The lowest BCUT2D eigenvalue weighted by Crippen LogP contribution is -2.21. The molecule has 0 aliphatic carbocycles. The average molecular weight is 468 g/mol. The highest BCUT2D eigenvalue weighted by molar-refractivity contribution is 6.53. The van der Waals surface area contributed by atoms with Crippen molar-refractivity contribution in [2.75, 3.05) is 23.3 Å². The Morgan fingerprint density at radius 3 is 2.46 bits per heavy atom. The molecule has 1 N–H and O–H groups in total. The molecule has 4 aromatic rings. The van der Waals surface area contributed by atoms with Crippen LogP contribution in [-0.4, -0.2) is 24.7 Å². The maximum atomic E-state index is 12.7. The Morgan fingerprint density at radius 2 is 1.69 bits per heavy atom. The zero-order chi connectivity index (χ0) is 24.4. The van der Waals surface area contributed by atoms with Crippen LogP contribution >= 0.6 is 0 Å². The summed E-state index contributed by atoms with van der Waals surface area (Å²) < 4.78 is 5.66. The van der Waals surface area contributed by atoms with Gasteiger partial charge in [0.1, 0.15) is 12.2 Å². The van der Waals surface area contributed by atoms with E-state index in [1.165, 1.54) is 0 Å². The molecule has 1 aliphatic rings. The molecule has 0 bridgehead atoms. The normalized spacial score (nSPS) is 13.7. The molecule has 0 unspecified atom stereocenters. The summed E-state index contributed by atoms with van der Waals surface area (Å²) in [5, 5.41) is 7.67. The van der Waals surface area contributed by atoms with Gasteiger partial charge in [0.05, 0.1) is 11.3 Å². The summed E-state index contributed by atoms with van der Waals surface area (Å²) in [6.07, 6.45) is 0. The lowest BCUT2D eigenvalue weighted by molar-refractivity contribution is -0.110. The molecule has 0 saturated carbocycles. The Hall–Kier alpha value is -4.39. The van der Waals surface area contributed by atoms with Crippen LogP contribution < -0.4 is 15.8 Å². The highest BCUT2D eigenvalue weighted by atomic mass is 16.6. The number of amides is 1. The van der Waals surface area contributed by atoms with Gasteiger partial charge < -0.3 is 19.5 Å². The van der Waals surface area contributed by atoms with Crippen LogP contribution in [0.2, 0.25) is 0 Å². The van der Waals surface area contributed by atoms with Crippen molar-refractivity contribution in [1.29, 1.82) is 0 Å². The smallest absolute Gasteiger partial charge is 0.344 e. The van der Waals surface area contributed by atoms with Crippen LogP contribution in [0.25, 0.3) is 22.1 Å². The second-order valence-corrected chi connectivity index (χ2v) is 8.25. The highest BCUT2D eigenvalue weighted by Crippen LogP contribution is 2.26. The molecule has 2 heterocycles. The van der Waals surface area contributed by atoms with Gasteiger partial charge in [-0.15, -0.1) is 0 Å². The van der Waals surface area contributed by atoms with Gasteiger partial charge in [-0.3, -0.25) is 4.79 Å². The fourth-order valence-electron chi connectivity index (χ4n) is 4.23. The van der Waals surface area contributed by atoms with Crippen LogP contribution in [0, 0.1) is 0 Å². The Bertz CT molecular complexity index is 1480. The number of rotatable bonds is 7. The summed E-state index contributed by atoms with van der Waals surface area (Å²) in [7, 11) is 0. The number of carbonyl (C=O) groups is 1. The van der Waals surface area contributed by atoms with Crippen molar-refractivity contribution in [2.45, 2.75) is 20.5 Å². The van der Waals surface area contributed by atoms with E-state index in [0.29, 0.717) is 11.1 Å². The van der Waals surface area contributed by atoms with Gasteiger partial charge in [0.25, 0.3) is 5.91 Å². The van der Waals surface area contributed by atoms with Crippen molar-refractivity contribution < 1.29 is 14.0 Å². The number of hydrogen-bond donors (Lipinski definition) is 1. The van der Waals surface area contributed by atoms with Gasteiger partial charge in [-0.25, -0.2) is 4.79 Å². The van der Waals surface area contributed by atoms with E-state index >= 15 is 0 Å². The third kappa shape index (κ3) is 4.40. The van der Waals surface area contributed by atoms with E-state index in [9.17, 15) is 9.59 Å². The van der Waals surface area contributed by atoms with Gasteiger partial charge in [-0.05, 0) is 49.2 Å². The van der Waals surface area contributed by atoms with Crippen molar-refractivity contribution >= 4 is 34.0 Å². The molecule has 7 nitrogen and oxygen atoms in total. The van der Waals surface area contributed by atoms with E-state index in [4.69, 9.17) is 9.25 Å². The molecule has 3 aromatic carbocycles. The maximum absolute atomic E-state index is 12.7. The third-order valence-corrected chi connectivity index (χ3v) is 6.15. The number of benzene rings is 3. The zero-order valence-electron chi connectivity index (χ0n) is 19.6. The predicted molar refractivity (Wildman–Crippen MR) is 138 cm³/mol. The van der Waals surface area contributed by atoms with E-state index in [-0.39, 0.29) is 23.9 Å². The zero-order valence-corrected chi connectivity index (χ0v) is 19.6. The third-order valence-electron chi connectivity index (χ3n) is 6.15. The quantitative estimate of drug-likeness (QED) is 0.299. The van der Waals surface area contributed by atoms with Crippen molar-refractivity contribution in [3.05, 3.63) is 94.3 Å². The van der Waals surface area contributed by atoms with Crippen LogP contribution in [0.4, 0.5) is 11.4 Å². The van der Waals surface area contributed by atoms with Gasteiger partial charge in [0.15, 0.2) is 5.71 Å². The van der Waals surface area contributed by atoms with Crippen LogP contribution in [0.15, 0.2) is 87.2 Å². The number of fused-ring (bicyclic) bond motifs is 2. The van der Waals surface area contributed by atoms with Gasteiger partial charge in [-0.2, -0.15) is 0 Å². The van der Waals surface area contributed by atoms with E-state index in [1.54, 1.807) is 0 Å². The van der Waals surface area contributed by atoms with Crippen molar-refractivity contribution in [3.8, 4) is 11.1 Å². The minimum atomic E-state index is -0.379. The molecular formula is C28H25N3O4. The number of nitrogens with zero attached hydrogens (tertiary/aromatic N) is 2. The number of para-hydroxylation sites is 1. The second-order valence-electron chi connectivity index (χ2n) is 8.25. The SMILES string of the molecule is CCN(CC)c1ccc2cc(-c3ccc(CO/N=C4/C(=O)Nc5ccccc54)cc3)c(=O)oc2c1. The average Bonchev–Trinajstić information content (AvgIpc) is 3.20. The molecule has 0 saturated heterocycles. The van der Waals surface area contributed by atoms with Gasteiger partial charge in [0.2, 0.25) is 0 Å². The Balaban J connectivity index is 1.32. The molecule has 1 amide bonds. The molecule has 176 valence electrons. The fraction of sp³-hybridized carbons (Fsp3) is 0.179. The van der Waals surface area contributed by atoms with Crippen molar-refractivity contribution in [2.24, 2.45) is 5.16 Å². The summed E-state index contributed by atoms with van der Waals surface area (Å²) >= 11 is 0. The first-order valence-electron chi connectivity index (χ1n) is 11.6.